The van der Waals surface area contributed by atoms with E-state index in [4.69, 9.17) is 0 Å². The van der Waals surface area contributed by atoms with Crippen LogP contribution in [0, 0.1) is 11.7 Å². The van der Waals surface area contributed by atoms with Crippen molar-refractivity contribution in [3.8, 4) is 0 Å². The summed E-state index contributed by atoms with van der Waals surface area (Å²) in [6.07, 6.45) is 3.75. The number of halogens is 1. The summed E-state index contributed by atoms with van der Waals surface area (Å²) in [4.78, 5) is 1.22. The minimum absolute atomic E-state index is 0.140. The Morgan fingerprint density at radius 2 is 2.05 bits per heavy atom. The first-order valence-corrected chi connectivity index (χ1v) is 8.24. The summed E-state index contributed by atoms with van der Waals surface area (Å²) in [6.45, 7) is 8.30. The molecule has 19 heavy (non-hydrogen) atoms. The molecule has 1 N–H and O–H groups in total. The molecule has 1 rings (SSSR count). The lowest BCUT2D eigenvalue weighted by molar-refractivity contribution is 0.547. The Kier molecular flexibility index (Phi) is 8.15. The molecule has 1 aromatic carbocycles. The standard InChI is InChI=1S/C16H26FNS/c1-4-5-6-9-19-16-8-7-15(17)10-14(16)12-18-11-13(2)3/h7-8,10,13,18H,4-6,9,11-12H2,1-3H3. The van der Waals surface area contributed by atoms with Gasteiger partial charge in [-0.05, 0) is 48.4 Å². The predicted octanol–water partition coefficient (Wildman–Crippen LogP) is 4.85. The molecule has 0 radical (unpaired) electrons. The summed E-state index contributed by atoms with van der Waals surface area (Å²) in [5.74, 6) is 1.60. The molecule has 0 aromatic heterocycles. The molecule has 0 aliphatic carbocycles. The Balaban J connectivity index is 2.53. The third-order valence-electron chi connectivity index (χ3n) is 2.90. The van der Waals surface area contributed by atoms with Crippen LogP contribution in [-0.2, 0) is 6.54 Å². The number of nitrogens with one attached hydrogen (secondary N) is 1. The zero-order valence-electron chi connectivity index (χ0n) is 12.3. The molecule has 0 unspecified atom stereocenters. The van der Waals surface area contributed by atoms with Crippen molar-refractivity contribution in [2.45, 2.75) is 51.5 Å². The van der Waals surface area contributed by atoms with Crippen LogP contribution in [0.5, 0.6) is 0 Å². The van der Waals surface area contributed by atoms with E-state index in [-0.39, 0.29) is 5.82 Å². The van der Waals surface area contributed by atoms with Gasteiger partial charge in [-0.1, -0.05) is 33.6 Å². The van der Waals surface area contributed by atoms with Gasteiger partial charge in [-0.3, -0.25) is 0 Å². The van der Waals surface area contributed by atoms with Crippen molar-refractivity contribution < 1.29 is 4.39 Å². The molecule has 0 saturated heterocycles. The maximum Gasteiger partial charge on any atom is 0.123 e. The Bertz CT molecular complexity index is 366. The average molecular weight is 283 g/mol. The van der Waals surface area contributed by atoms with E-state index in [1.807, 2.05) is 17.8 Å². The molecule has 0 spiro atoms. The van der Waals surface area contributed by atoms with E-state index in [0.717, 1.165) is 24.4 Å². The van der Waals surface area contributed by atoms with Crippen molar-refractivity contribution in [2.24, 2.45) is 5.92 Å². The monoisotopic (exact) mass is 283 g/mol. The predicted molar refractivity (Wildman–Crippen MR) is 83.2 cm³/mol. The van der Waals surface area contributed by atoms with Crippen LogP contribution >= 0.6 is 11.8 Å². The lowest BCUT2D eigenvalue weighted by Crippen LogP contribution is -2.19. The van der Waals surface area contributed by atoms with Crippen LogP contribution in [0.4, 0.5) is 4.39 Å². The number of thioether (sulfide) groups is 1. The highest BCUT2D eigenvalue weighted by Gasteiger charge is 2.05. The molecule has 0 fully saturated rings. The fourth-order valence-corrected chi connectivity index (χ4v) is 2.91. The molecule has 0 heterocycles. The molecule has 0 atom stereocenters. The van der Waals surface area contributed by atoms with Gasteiger partial charge in [-0.25, -0.2) is 4.39 Å². The van der Waals surface area contributed by atoms with Gasteiger partial charge in [-0.2, -0.15) is 0 Å². The molecule has 1 nitrogen and oxygen atoms in total. The van der Waals surface area contributed by atoms with Gasteiger partial charge in [0.15, 0.2) is 0 Å². The normalized spacial score (nSPS) is 11.2. The number of hydrogen-bond acceptors (Lipinski definition) is 2. The summed E-state index contributed by atoms with van der Waals surface area (Å²) in [5.41, 5.74) is 1.09. The molecule has 3 heteroatoms. The third kappa shape index (κ3) is 6.98. The molecule has 0 saturated carbocycles. The minimum atomic E-state index is -0.140. The van der Waals surface area contributed by atoms with Crippen molar-refractivity contribution >= 4 is 11.8 Å². The van der Waals surface area contributed by atoms with E-state index in [9.17, 15) is 4.39 Å². The second-order valence-corrected chi connectivity index (χ2v) is 6.47. The zero-order valence-corrected chi connectivity index (χ0v) is 13.2. The first-order chi connectivity index (χ1) is 9.13. The van der Waals surface area contributed by atoms with E-state index in [2.05, 4.69) is 26.1 Å². The van der Waals surface area contributed by atoms with Crippen molar-refractivity contribution in [1.29, 1.82) is 0 Å². The fraction of sp³-hybridized carbons (Fsp3) is 0.625. The fourth-order valence-electron chi connectivity index (χ4n) is 1.86. The van der Waals surface area contributed by atoms with Crippen LogP contribution in [0.1, 0.15) is 45.6 Å². The van der Waals surface area contributed by atoms with Crippen LogP contribution in [0.2, 0.25) is 0 Å². The first kappa shape index (κ1) is 16.5. The Morgan fingerprint density at radius 3 is 2.74 bits per heavy atom. The highest BCUT2D eigenvalue weighted by molar-refractivity contribution is 7.99. The molecular weight excluding hydrogens is 257 g/mol. The summed E-state index contributed by atoms with van der Waals surface area (Å²) in [7, 11) is 0. The number of rotatable bonds is 9. The van der Waals surface area contributed by atoms with Gasteiger partial charge < -0.3 is 5.32 Å². The molecule has 108 valence electrons. The van der Waals surface area contributed by atoms with Crippen LogP contribution in [0.25, 0.3) is 0 Å². The van der Waals surface area contributed by atoms with E-state index < -0.39 is 0 Å². The van der Waals surface area contributed by atoms with Crippen LogP contribution < -0.4 is 5.32 Å². The highest BCUT2D eigenvalue weighted by atomic mass is 32.2. The van der Waals surface area contributed by atoms with Gasteiger partial charge >= 0.3 is 0 Å². The number of unbranched alkanes of at least 4 members (excludes halogenated alkanes) is 2. The van der Waals surface area contributed by atoms with Crippen molar-refractivity contribution in [3.63, 3.8) is 0 Å². The highest BCUT2D eigenvalue weighted by Crippen LogP contribution is 2.25. The summed E-state index contributed by atoms with van der Waals surface area (Å²) < 4.78 is 13.3. The van der Waals surface area contributed by atoms with Gasteiger partial charge in [0, 0.05) is 11.4 Å². The van der Waals surface area contributed by atoms with Crippen molar-refractivity contribution in [3.05, 3.63) is 29.6 Å². The second-order valence-electron chi connectivity index (χ2n) is 5.33. The lowest BCUT2D eigenvalue weighted by Gasteiger charge is -2.12. The summed E-state index contributed by atoms with van der Waals surface area (Å²) in [5, 5.41) is 3.39. The van der Waals surface area contributed by atoms with Gasteiger partial charge in [-0.15, -0.1) is 11.8 Å². The lowest BCUT2D eigenvalue weighted by atomic mass is 10.2. The molecular formula is C16H26FNS. The van der Waals surface area contributed by atoms with E-state index in [1.165, 1.54) is 24.2 Å². The zero-order chi connectivity index (χ0) is 14.1. The van der Waals surface area contributed by atoms with Gasteiger partial charge in [0.1, 0.15) is 5.82 Å². The molecule has 0 aliphatic rings. The third-order valence-corrected chi connectivity index (χ3v) is 4.10. The first-order valence-electron chi connectivity index (χ1n) is 7.25. The second kappa shape index (κ2) is 9.38. The largest absolute Gasteiger partial charge is 0.312 e. The smallest absolute Gasteiger partial charge is 0.123 e. The van der Waals surface area contributed by atoms with Crippen LogP contribution in [0.15, 0.2) is 23.1 Å². The van der Waals surface area contributed by atoms with Crippen molar-refractivity contribution in [2.75, 3.05) is 12.3 Å². The van der Waals surface area contributed by atoms with Crippen molar-refractivity contribution in [1.82, 2.24) is 5.32 Å². The number of benzene rings is 1. The van der Waals surface area contributed by atoms with E-state index in [1.54, 1.807) is 12.1 Å². The minimum Gasteiger partial charge on any atom is -0.312 e. The van der Waals surface area contributed by atoms with E-state index in [0.29, 0.717) is 5.92 Å². The molecule has 0 bridgehead atoms. The van der Waals surface area contributed by atoms with Gasteiger partial charge in [0.05, 0.1) is 0 Å². The summed E-state index contributed by atoms with van der Waals surface area (Å²) in [6, 6.07) is 5.14. The number of hydrogen-bond donors (Lipinski definition) is 1. The summed E-state index contributed by atoms with van der Waals surface area (Å²) >= 11 is 1.85. The van der Waals surface area contributed by atoms with Gasteiger partial charge in [0.25, 0.3) is 0 Å². The molecule has 0 aliphatic heterocycles. The van der Waals surface area contributed by atoms with E-state index >= 15 is 0 Å². The Labute approximate surface area is 121 Å². The SMILES string of the molecule is CCCCCSc1ccc(F)cc1CNCC(C)C. The maximum absolute atomic E-state index is 13.3. The average Bonchev–Trinajstić information content (AvgIpc) is 2.36. The molecule has 0 amide bonds. The van der Waals surface area contributed by atoms with Gasteiger partial charge in [0.2, 0.25) is 0 Å². The molecule has 1 aromatic rings. The quantitative estimate of drug-likeness (QED) is 0.513. The Hall–Kier alpha value is -0.540. The van der Waals surface area contributed by atoms with Crippen LogP contribution in [0.3, 0.4) is 0 Å². The van der Waals surface area contributed by atoms with Crippen LogP contribution in [-0.4, -0.2) is 12.3 Å². The maximum atomic E-state index is 13.3. The Morgan fingerprint density at radius 1 is 1.26 bits per heavy atom. The topological polar surface area (TPSA) is 12.0 Å².